The number of amides is 1. The largest absolute Gasteiger partial charge is 0.337 e. The summed E-state index contributed by atoms with van der Waals surface area (Å²) in [7, 11) is 1.89. The zero-order chi connectivity index (χ0) is 14.8. The number of likely N-dealkylation sites (N-methyl/N-ethyl adjacent to an activating group) is 1. The van der Waals surface area contributed by atoms with Gasteiger partial charge in [0, 0.05) is 25.2 Å². The third kappa shape index (κ3) is 2.84. The lowest BCUT2D eigenvalue weighted by atomic mass is 10.2. The molecule has 1 unspecified atom stereocenters. The fraction of sp³-hybridized carbons (Fsp3) is 0.375. The van der Waals surface area contributed by atoms with Crippen LogP contribution in [0.1, 0.15) is 21.8 Å². The number of carbonyl (C=O) groups excluding carboxylic acids is 1. The lowest BCUT2D eigenvalue weighted by Gasteiger charge is -2.23. The standard InChI is InChI=1S/C16H19N3OS/c1-11-14(16(20)19(2)13-8-9-17-10-13)21-15(18-11)12-6-4-3-5-7-12/h3-7,13,17H,8-10H2,1-2H3. The second-order valence-corrected chi connectivity index (χ2v) is 6.36. The van der Waals surface area contributed by atoms with E-state index in [1.165, 1.54) is 11.3 Å². The maximum absolute atomic E-state index is 12.7. The average molecular weight is 301 g/mol. The summed E-state index contributed by atoms with van der Waals surface area (Å²) in [6.45, 7) is 3.78. The SMILES string of the molecule is Cc1nc(-c2ccccc2)sc1C(=O)N(C)C1CCNC1. The Kier molecular flexibility index (Phi) is 4.03. The monoisotopic (exact) mass is 301 g/mol. The number of nitrogens with zero attached hydrogens (tertiary/aromatic N) is 2. The number of thiazole rings is 1. The molecule has 1 N–H and O–H groups in total. The Morgan fingerprint density at radius 3 is 2.81 bits per heavy atom. The number of aryl methyl sites for hydroxylation is 1. The van der Waals surface area contributed by atoms with Gasteiger partial charge in [-0.3, -0.25) is 4.79 Å². The second-order valence-electron chi connectivity index (χ2n) is 5.36. The third-order valence-electron chi connectivity index (χ3n) is 3.91. The van der Waals surface area contributed by atoms with Crippen LogP contribution in [0.25, 0.3) is 10.6 Å². The predicted molar refractivity (Wildman–Crippen MR) is 85.7 cm³/mol. The van der Waals surface area contributed by atoms with E-state index in [2.05, 4.69) is 10.3 Å². The molecule has 1 aliphatic heterocycles. The Labute approximate surface area is 128 Å². The van der Waals surface area contributed by atoms with Crippen LogP contribution in [0.15, 0.2) is 30.3 Å². The van der Waals surface area contributed by atoms with Crippen molar-refractivity contribution in [3.05, 3.63) is 40.9 Å². The van der Waals surface area contributed by atoms with E-state index in [4.69, 9.17) is 0 Å². The Hall–Kier alpha value is -1.72. The van der Waals surface area contributed by atoms with Gasteiger partial charge in [-0.05, 0) is 19.9 Å². The predicted octanol–water partition coefficient (Wildman–Crippen LogP) is 2.55. The highest BCUT2D eigenvalue weighted by atomic mass is 32.1. The van der Waals surface area contributed by atoms with Crippen molar-refractivity contribution in [2.45, 2.75) is 19.4 Å². The minimum Gasteiger partial charge on any atom is -0.337 e. The summed E-state index contributed by atoms with van der Waals surface area (Å²) < 4.78 is 0. The molecule has 4 nitrogen and oxygen atoms in total. The normalized spacial score (nSPS) is 17.9. The molecule has 2 aromatic rings. The first-order valence-electron chi connectivity index (χ1n) is 7.17. The van der Waals surface area contributed by atoms with Gasteiger partial charge in [0.05, 0.1) is 5.69 Å². The van der Waals surface area contributed by atoms with Crippen LogP contribution in [0.4, 0.5) is 0 Å². The van der Waals surface area contributed by atoms with E-state index in [1.807, 2.05) is 49.2 Å². The van der Waals surface area contributed by atoms with Crippen LogP contribution in [-0.2, 0) is 0 Å². The van der Waals surface area contributed by atoms with Crippen LogP contribution in [0.3, 0.4) is 0 Å². The lowest BCUT2D eigenvalue weighted by Crippen LogP contribution is -2.38. The summed E-state index contributed by atoms with van der Waals surface area (Å²) in [5, 5.41) is 4.21. The van der Waals surface area contributed by atoms with Gasteiger partial charge < -0.3 is 10.2 Å². The van der Waals surface area contributed by atoms with Crippen molar-refractivity contribution in [2.75, 3.05) is 20.1 Å². The molecule has 1 aliphatic rings. The van der Waals surface area contributed by atoms with Gasteiger partial charge in [0.1, 0.15) is 9.88 Å². The zero-order valence-corrected chi connectivity index (χ0v) is 13.1. The summed E-state index contributed by atoms with van der Waals surface area (Å²) in [6, 6.07) is 10.3. The van der Waals surface area contributed by atoms with E-state index in [-0.39, 0.29) is 5.91 Å². The van der Waals surface area contributed by atoms with Gasteiger partial charge in [-0.15, -0.1) is 11.3 Å². The van der Waals surface area contributed by atoms with Gasteiger partial charge in [-0.1, -0.05) is 30.3 Å². The fourth-order valence-electron chi connectivity index (χ4n) is 2.60. The van der Waals surface area contributed by atoms with E-state index >= 15 is 0 Å². The van der Waals surface area contributed by atoms with Gasteiger partial charge >= 0.3 is 0 Å². The molecule has 1 aromatic heterocycles. The van der Waals surface area contributed by atoms with Gasteiger partial charge in [0.2, 0.25) is 0 Å². The smallest absolute Gasteiger partial charge is 0.265 e. The summed E-state index contributed by atoms with van der Waals surface area (Å²) in [5.41, 5.74) is 1.89. The van der Waals surface area contributed by atoms with Gasteiger partial charge in [-0.25, -0.2) is 4.98 Å². The van der Waals surface area contributed by atoms with Crippen LogP contribution >= 0.6 is 11.3 Å². The first-order valence-corrected chi connectivity index (χ1v) is 7.99. The Morgan fingerprint density at radius 1 is 1.38 bits per heavy atom. The van der Waals surface area contributed by atoms with Crippen LogP contribution in [0, 0.1) is 6.92 Å². The number of rotatable bonds is 3. The van der Waals surface area contributed by atoms with Crippen LogP contribution < -0.4 is 5.32 Å². The van der Waals surface area contributed by atoms with Crippen molar-refractivity contribution in [1.82, 2.24) is 15.2 Å². The van der Waals surface area contributed by atoms with Crippen molar-refractivity contribution in [3.8, 4) is 10.6 Å². The van der Waals surface area contributed by atoms with Crippen LogP contribution in [0.2, 0.25) is 0 Å². The highest BCUT2D eigenvalue weighted by Gasteiger charge is 2.26. The first-order chi connectivity index (χ1) is 10.2. The van der Waals surface area contributed by atoms with Crippen molar-refractivity contribution >= 4 is 17.2 Å². The maximum Gasteiger partial charge on any atom is 0.265 e. The molecule has 2 heterocycles. The van der Waals surface area contributed by atoms with E-state index in [1.54, 1.807) is 0 Å². The van der Waals surface area contributed by atoms with Gasteiger partial charge in [-0.2, -0.15) is 0 Å². The number of benzene rings is 1. The molecule has 0 radical (unpaired) electrons. The molecule has 0 saturated carbocycles. The van der Waals surface area contributed by atoms with Gasteiger partial charge in [0.15, 0.2) is 0 Å². The molecule has 1 saturated heterocycles. The molecular weight excluding hydrogens is 282 g/mol. The molecule has 0 aliphatic carbocycles. The molecule has 110 valence electrons. The highest BCUT2D eigenvalue weighted by Crippen LogP contribution is 2.29. The first kappa shape index (κ1) is 14.2. The minimum atomic E-state index is 0.0841. The highest BCUT2D eigenvalue weighted by molar-refractivity contribution is 7.17. The Balaban J connectivity index is 1.85. The number of hydrogen-bond acceptors (Lipinski definition) is 4. The second kappa shape index (κ2) is 5.95. The molecule has 1 amide bonds. The van der Waals surface area contributed by atoms with Crippen molar-refractivity contribution in [3.63, 3.8) is 0 Å². The number of aromatic nitrogens is 1. The fourth-order valence-corrected chi connectivity index (χ4v) is 3.65. The van der Waals surface area contributed by atoms with Crippen LogP contribution in [0.5, 0.6) is 0 Å². The maximum atomic E-state index is 12.7. The summed E-state index contributed by atoms with van der Waals surface area (Å²) in [6.07, 6.45) is 1.02. The Bertz CT molecular complexity index is 632. The molecule has 1 aromatic carbocycles. The van der Waals surface area contributed by atoms with E-state index in [9.17, 15) is 4.79 Å². The summed E-state index contributed by atoms with van der Waals surface area (Å²) >= 11 is 1.49. The molecule has 5 heteroatoms. The quantitative estimate of drug-likeness (QED) is 0.947. The van der Waals surface area contributed by atoms with Crippen molar-refractivity contribution < 1.29 is 4.79 Å². The van der Waals surface area contributed by atoms with E-state index in [0.717, 1.165) is 40.7 Å². The number of carbonyl (C=O) groups is 1. The van der Waals surface area contributed by atoms with Crippen LogP contribution in [-0.4, -0.2) is 42.0 Å². The minimum absolute atomic E-state index is 0.0841. The van der Waals surface area contributed by atoms with Gasteiger partial charge in [0.25, 0.3) is 5.91 Å². The molecular formula is C16H19N3OS. The summed E-state index contributed by atoms with van der Waals surface area (Å²) in [5.74, 6) is 0.0841. The topological polar surface area (TPSA) is 45.2 Å². The molecule has 0 bridgehead atoms. The molecule has 21 heavy (non-hydrogen) atoms. The zero-order valence-electron chi connectivity index (χ0n) is 12.3. The number of nitrogens with one attached hydrogen (secondary N) is 1. The average Bonchev–Trinajstić information content (AvgIpc) is 3.16. The summed E-state index contributed by atoms with van der Waals surface area (Å²) in [4.78, 5) is 19.8. The van der Waals surface area contributed by atoms with E-state index in [0.29, 0.717) is 6.04 Å². The Morgan fingerprint density at radius 2 is 2.14 bits per heavy atom. The number of hydrogen-bond donors (Lipinski definition) is 1. The molecule has 0 spiro atoms. The van der Waals surface area contributed by atoms with Crippen molar-refractivity contribution in [2.24, 2.45) is 0 Å². The third-order valence-corrected chi connectivity index (χ3v) is 5.11. The van der Waals surface area contributed by atoms with Crippen molar-refractivity contribution in [1.29, 1.82) is 0 Å². The lowest BCUT2D eigenvalue weighted by molar-refractivity contribution is 0.0747. The molecule has 1 atom stereocenters. The molecule has 1 fully saturated rings. The molecule has 3 rings (SSSR count). The van der Waals surface area contributed by atoms with E-state index < -0.39 is 0 Å².